The Labute approximate surface area is 104 Å². The maximum Gasteiger partial charge on any atom is 0.0470 e. The van der Waals surface area contributed by atoms with Crippen LogP contribution in [-0.2, 0) is 9.84 Å². The second kappa shape index (κ2) is 3.67. The van der Waals surface area contributed by atoms with Gasteiger partial charge in [-0.05, 0) is 49.8 Å². The molecule has 0 nitrogen and oxygen atoms in total. The molecular weight excluding hydrogens is 306 g/mol. The molecule has 0 radical (unpaired) electrons. The van der Waals surface area contributed by atoms with Gasteiger partial charge in [0.05, 0.1) is 0 Å². The second-order valence-corrected chi connectivity index (χ2v) is 7.03. The van der Waals surface area contributed by atoms with Crippen molar-refractivity contribution in [3.63, 3.8) is 0 Å². The lowest BCUT2D eigenvalue weighted by atomic mass is 9.83. The largest absolute Gasteiger partial charge is 0.0837 e. The van der Waals surface area contributed by atoms with Crippen LogP contribution in [0.25, 0.3) is 0 Å². The van der Waals surface area contributed by atoms with E-state index >= 15 is 0 Å². The Bertz CT molecular complexity index is 369. The fourth-order valence-electron chi connectivity index (χ4n) is 2.20. The molecule has 0 bridgehead atoms. The number of benzene rings is 1. The number of rotatable bonds is 0. The third-order valence-corrected chi connectivity index (χ3v) is 4.72. The fraction of sp³-hybridized carbons (Fsp3) is 0.500. The minimum absolute atomic E-state index is 0.280. The number of halogens is 2. The van der Waals surface area contributed by atoms with Crippen LogP contribution in [0.2, 0.25) is 5.02 Å². The molecule has 14 heavy (non-hydrogen) atoms. The summed E-state index contributed by atoms with van der Waals surface area (Å²) in [7, 11) is 0. The quantitative estimate of drug-likeness (QED) is 0.483. The van der Waals surface area contributed by atoms with Crippen LogP contribution < -0.4 is 0 Å². The Hall–Kier alpha value is 0.240. The molecule has 1 aliphatic carbocycles. The van der Waals surface area contributed by atoms with E-state index in [1.807, 2.05) is 0 Å². The molecule has 0 heterocycles. The molecule has 0 N–H and O–H groups in total. The standard InChI is InChI=1S/C12H14ClI/c1-8-5-6-10-9(11(8)13)4-3-7-12(10,2)14/h5-6H,3-4,7H2,1-2H3. The lowest BCUT2D eigenvalue weighted by Crippen LogP contribution is -2.20. The Morgan fingerprint density at radius 2 is 2.14 bits per heavy atom. The third-order valence-electron chi connectivity index (χ3n) is 3.07. The monoisotopic (exact) mass is 320 g/mol. The topological polar surface area (TPSA) is 0 Å². The Balaban J connectivity index is 2.62. The Morgan fingerprint density at radius 3 is 2.86 bits per heavy atom. The minimum atomic E-state index is 0.280. The molecule has 1 atom stereocenters. The molecule has 0 aliphatic heterocycles. The smallest absolute Gasteiger partial charge is 0.0470 e. The summed E-state index contributed by atoms with van der Waals surface area (Å²) >= 11 is 8.89. The van der Waals surface area contributed by atoms with Crippen LogP contribution in [0, 0.1) is 6.92 Å². The van der Waals surface area contributed by atoms with E-state index in [0.717, 1.165) is 11.4 Å². The highest BCUT2D eigenvalue weighted by atomic mass is 127. The van der Waals surface area contributed by atoms with Gasteiger partial charge in [-0.3, -0.25) is 0 Å². The summed E-state index contributed by atoms with van der Waals surface area (Å²) in [4.78, 5) is 0. The van der Waals surface area contributed by atoms with Crippen LogP contribution in [0.1, 0.15) is 36.5 Å². The highest BCUT2D eigenvalue weighted by Gasteiger charge is 2.30. The van der Waals surface area contributed by atoms with Gasteiger partial charge in [0, 0.05) is 8.44 Å². The minimum Gasteiger partial charge on any atom is -0.0837 e. The number of fused-ring (bicyclic) bond motifs is 1. The van der Waals surface area contributed by atoms with Gasteiger partial charge in [-0.15, -0.1) is 0 Å². The number of hydrogen-bond donors (Lipinski definition) is 0. The van der Waals surface area contributed by atoms with Gasteiger partial charge in [-0.25, -0.2) is 0 Å². The zero-order valence-corrected chi connectivity index (χ0v) is 11.4. The second-order valence-electron chi connectivity index (χ2n) is 4.27. The van der Waals surface area contributed by atoms with E-state index < -0.39 is 0 Å². The average molecular weight is 321 g/mol. The van der Waals surface area contributed by atoms with Gasteiger partial charge in [0.25, 0.3) is 0 Å². The lowest BCUT2D eigenvalue weighted by molar-refractivity contribution is 0.568. The molecule has 1 aliphatic rings. The predicted octanol–water partition coefficient (Wildman–Crippen LogP) is 4.63. The maximum atomic E-state index is 6.34. The van der Waals surface area contributed by atoms with Crippen molar-refractivity contribution in [2.45, 2.75) is 36.5 Å². The van der Waals surface area contributed by atoms with E-state index in [4.69, 9.17) is 11.6 Å². The van der Waals surface area contributed by atoms with Gasteiger partial charge in [0.2, 0.25) is 0 Å². The number of aryl methyl sites for hydroxylation is 1. The third kappa shape index (κ3) is 1.69. The Kier molecular flexibility index (Phi) is 2.82. The van der Waals surface area contributed by atoms with Crippen molar-refractivity contribution in [2.75, 3.05) is 0 Å². The van der Waals surface area contributed by atoms with Crippen LogP contribution in [-0.4, -0.2) is 0 Å². The molecule has 1 unspecified atom stereocenters. The summed E-state index contributed by atoms with van der Waals surface area (Å²) in [5.74, 6) is 0. The van der Waals surface area contributed by atoms with Gasteiger partial charge in [-0.1, -0.05) is 46.3 Å². The average Bonchev–Trinajstić information content (AvgIpc) is 2.11. The highest BCUT2D eigenvalue weighted by Crippen LogP contribution is 2.44. The molecule has 0 aromatic heterocycles. The summed E-state index contributed by atoms with van der Waals surface area (Å²) in [5, 5.41) is 0.991. The first-order valence-corrected chi connectivity index (χ1v) is 6.45. The van der Waals surface area contributed by atoms with Crippen molar-refractivity contribution in [1.29, 1.82) is 0 Å². The molecule has 2 heteroatoms. The van der Waals surface area contributed by atoms with Gasteiger partial charge in [0.15, 0.2) is 0 Å². The van der Waals surface area contributed by atoms with Crippen molar-refractivity contribution in [3.8, 4) is 0 Å². The molecule has 2 rings (SSSR count). The van der Waals surface area contributed by atoms with Crippen molar-refractivity contribution >= 4 is 34.2 Å². The summed E-state index contributed by atoms with van der Waals surface area (Å²) < 4.78 is 0.280. The number of hydrogen-bond acceptors (Lipinski definition) is 0. The summed E-state index contributed by atoms with van der Waals surface area (Å²) in [6.45, 7) is 4.39. The van der Waals surface area contributed by atoms with E-state index in [-0.39, 0.29) is 3.42 Å². The van der Waals surface area contributed by atoms with E-state index in [1.165, 1.54) is 29.5 Å². The molecule has 0 fully saturated rings. The molecule has 1 aromatic rings. The van der Waals surface area contributed by atoms with E-state index in [1.54, 1.807) is 0 Å². The molecular formula is C12H14ClI. The fourth-order valence-corrected chi connectivity index (χ4v) is 3.35. The van der Waals surface area contributed by atoms with Crippen LogP contribution in [0.5, 0.6) is 0 Å². The van der Waals surface area contributed by atoms with Crippen LogP contribution >= 0.6 is 34.2 Å². The molecule has 0 saturated heterocycles. The summed E-state index contributed by atoms with van der Waals surface area (Å²) in [6.07, 6.45) is 3.67. The summed E-state index contributed by atoms with van der Waals surface area (Å²) in [5.41, 5.74) is 4.04. The van der Waals surface area contributed by atoms with Crippen LogP contribution in [0.15, 0.2) is 12.1 Å². The number of alkyl halides is 1. The first kappa shape index (κ1) is 10.7. The van der Waals surface area contributed by atoms with Gasteiger partial charge in [-0.2, -0.15) is 0 Å². The van der Waals surface area contributed by atoms with E-state index in [2.05, 4.69) is 48.6 Å². The normalized spacial score (nSPS) is 26.0. The molecule has 0 spiro atoms. The maximum absolute atomic E-state index is 6.34. The first-order chi connectivity index (χ1) is 6.52. The Morgan fingerprint density at radius 1 is 1.43 bits per heavy atom. The van der Waals surface area contributed by atoms with Crippen molar-refractivity contribution in [3.05, 3.63) is 33.8 Å². The van der Waals surface area contributed by atoms with E-state index in [0.29, 0.717) is 0 Å². The van der Waals surface area contributed by atoms with Gasteiger partial charge < -0.3 is 0 Å². The van der Waals surface area contributed by atoms with Crippen molar-refractivity contribution < 1.29 is 0 Å². The highest BCUT2D eigenvalue weighted by molar-refractivity contribution is 14.1. The molecule has 1 aromatic carbocycles. The summed E-state index contributed by atoms with van der Waals surface area (Å²) in [6, 6.07) is 4.39. The van der Waals surface area contributed by atoms with Crippen molar-refractivity contribution in [1.82, 2.24) is 0 Å². The van der Waals surface area contributed by atoms with E-state index in [9.17, 15) is 0 Å². The SMILES string of the molecule is Cc1ccc2c(c1Cl)CCCC2(C)I. The zero-order chi connectivity index (χ0) is 10.3. The molecule has 0 saturated carbocycles. The first-order valence-electron chi connectivity index (χ1n) is 5.00. The van der Waals surface area contributed by atoms with Gasteiger partial charge in [0.1, 0.15) is 0 Å². The van der Waals surface area contributed by atoms with Crippen LogP contribution in [0.4, 0.5) is 0 Å². The van der Waals surface area contributed by atoms with Crippen LogP contribution in [0.3, 0.4) is 0 Å². The predicted molar refractivity (Wildman–Crippen MR) is 70.5 cm³/mol. The molecule has 0 amide bonds. The zero-order valence-electron chi connectivity index (χ0n) is 8.53. The lowest BCUT2D eigenvalue weighted by Gasteiger charge is -2.31. The molecule has 76 valence electrons. The van der Waals surface area contributed by atoms with Crippen molar-refractivity contribution in [2.24, 2.45) is 0 Å². The van der Waals surface area contributed by atoms with Gasteiger partial charge >= 0.3 is 0 Å².